The quantitative estimate of drug-likeness (QED) is 0.160. The Kier molecular flexibility index (Phi) is 15.5. The molecule has 2 aromatic rings. The van der Waals surface area contributed by atoms with Gasteiger partial charge in [0.15, 0.2) is 19.7 Å². The molecule has 0 amide bonds. The summed E-state index contributed by atoms with van der Waals surface area (Å²) in [6.45, 7) is 16.3. The fraction of sp³-hybridized carbons (Fsp3) is 0.436. The van der Waals surface area contributed by atoms with Crippen LogP contribution in [0.25, 0.3) is 0 Å². The maximum absolute atomic E-state index is 13.8. The second-order valence-electron chi connectivity index (χ2n) is 12.8. The average molecular weight is 651 g/mol. The van der Waals surface area contributed by atoms with E-state index in [9.17, 15) is 16.8 Å². The lowest BCUT2D eigenvalue weighted by Crippen LogP contribution is -2.20. The van der Waals surface area contributed by atoms with Crippen LogP contribution in [-0.4, -0.2) is 27.8 Å². The first-order valence-electron chi connectivity index (χ1n) is 16.0. The van der Waals surface area contributed by atoms with E-state index in [0.29, 0.717) is 0 Å². The molecule has 45 heavy (non-hydrogen) atoms. The highest BCUT2D eigenvalue weighted by molar-refractivity contribution is 7.92. The van der Waals surface area contributed by atoms with Crippen molar-refractivity contribution in [2.45, 2.75) is 115 Å². The van der Waals surface area contributed by atoms with Gasteiger partial charge in [0.2, 0.25) is 0 Å². The number of hydrogen-bond acceptors (Lipinski definition) is 4. The molecule has 0 radical (unpaired) electrons. The van der Waals surface area contributed by atoms with Crippen LogP contribution in [0.5, 0.6) is 0 Å². The lowest BCUT2D eigenvalue weighted by atomic mass is 10.0. The summed E-state index contributed by atoms with van der Waals surface area (Å²) in [7, 11) is -7.20. The summed E-state index contributed by atoms with van der Waals surface area (Å²) < 4.78 is 53.5. The third kappa shape index (κ3) is 13.9. The maximum atomic E-state index is 13.8. The molecule has 0 heterocycles. The molecule has 0 bridgehead atoms. The summed E-state index contributed by atoms with van der Waals surface area (Å²) in [5.74, 6) is -0.171. The zero-order valence-corrected chi connectivity index (χ0v) is 30.3. The Morgan fingerprint density at radius 3 is 1.51 bits per heavy atom. The van der Waals surface area contributed by atoms with Crippen LogP contribution in [0.2, 0.25) is 0 Å². The third-order valence-corrected chi connectivity index (χ3v) is 11.6. The van der Waals surface area contributed by atoms with Gasteiger partial charge in [-0.3, -0.25) is 0 Å². The molecule has 1 unspecified atom stereocenters. The lowest BCUT2D eigenvalue weighted by Gasteiger charge is -2.17. The number of rotatable bonds is 17. The van der Waals surface area contributed by atoms with Crippen molar-refractivity contribution in [1.82, 2.24) is 0 Å². The van der Waals surface area contributed by atoms with Gasteiger partial charge in [-0.25, -0.2) is 16.8 Å². The van der Waals surface area contributed by atoms with Gasteiger partial charge in [-0.15, -0.1) is 0 Å². The zero-order chi connectivity index (χ0) is 33.6. The van der Waals surface area contributed by atoms with E-state index in [1.54, 1.807) is 42.5 Å². The average Bonchev–Trinajstić information content (AvgIpc) is 2.96. The van der Waals surface area contributed by atoms with Crippen molar-refractivity contribution in [3.05, 3.63) is 118 Å². The summed E-state index contributed by atoms with van der Waals surface area (Å²) in [6.07, 6.45) is 16.5. The minimum atomic E-state index is -3.68. The molecule has 4 nitrogen and oxygen atoms in total. The molecule has 1 atom stereocenters. The van der Waals surface area contributed by atoms with Crippen LogP contribution in [0.3, 0.4) is 0 Å². The van der Waals surface area contributed by atoms with Crippen LogP contribution in [0.15, 0.2) is 117 Å². The zero-order valence-electron chi connectivity index (χ0n) is 28.7. The van der Waals surface area contributed by atoms with Gasteiger partial charge in [-0.1, -0.05) is 93.6 Å². The number of benzene rings is 2. The minimum Gasteiger partial charge on any atom is -0.223 e. The van der Waals surface area contributed by atoms with Crippen LogP contribution < -0.4 is 0 Å². The Morgan fingerprint density at radius 1 is 0.578 bits per heavy atom. The molecule has 0 fully saturated rings. The predicted molar refractivity (Wildman–Crippen MR) is 192 cm³/mol. The van der Waals surface area contributed by atoms with E-state index >= 15 is 0 Å². The third-order valence-electron chi connectivity index (χ3n) is 7.93. The van der Waals surface area contributed by atoms with Crippen molar-refractivity contribution in [3.63, 3.8) is 0 Å². The Hall–Kier alpha value is -2.96. The van der Waals surface area contributed by atoms with E-state index in [0.717, 1.165) is 60.8 Å². The molecule has 0 aliphatic rings. The van der Waals surface area contributed by atoms with Gasteiger partial charge >= 0.3 is 0 Å². The molecule has 0 saturated carbocycles. The van der Waals surface area contributed by atoms with Gasteiger partial charge in [-0.05, 0) is 125 Å². The monoisotopic (exact) mass is 650 g/mol. The fourth-order valence-corrected chi connectivity index (χ4v) is 7.95. The lowest BCUT2D eigenvalue weighted by molar-refractivity contribution is 0.587. The molecule has 246 valence electrons. The molecule has 2 rings (SSSR count). The highest BCUT2D eigenvalue weighted by Gasteiger charge is 2.26. The first kappa shape index (κ1) is 38.2. The van der Waals surface area contributed by atoms with Gasteiger partial charge in [0.05, 0.1) is 20.8 Å². The number of sulfone groups is 2. The summed E-state index contributed by atoms with van der Waals surface area (Å²) in [5.41, 5.74) is 7.86. The van der Waals surface area contributed by atoms with Gasteiger partial charge in [0.25, 0.3) is 0 Å². The van der Waals surface area contributed by atoms with E-state index in [1.165, 1.54) is 16.7 Å². The second kappa shape index (κ2) is 18.3. The Bertz CT molecular complexity index is 1610. The maximum Gasteiger partial charge on any atom is 0.185 e. The Morgan fingerprint density at radius 2 is 1.02 bits per heavy atom. The first-order chi connectivity index (χ1) is 21.1. The van der Waals surface area contributed by atoms with E-state index in [-0.39, 0.29) is 22.0 Å². The van der Waals surface area contributed by atoms with Gasteiger partial charge in [-0.2, -0.15) is 0 Å². The second-order valence-corrected chi connectivity index (χ2v) is 17.0. The van der Waals surface area contributed by atoms with Crippen molar-refractivity contribution < 1.29 is 16.8 Å². The largest absolute Gasteiger partial charge is 0.223 e. The number of hydrogen-bond donors (Lipinski definition) is 0. The van der Waals surface area contributed by atoms with Crippen LogP contribution in [0.1, 0.15) is 97.6 Å². The van der Waals surface area contributed by atoms with E-state index < -0.39 is 24.9 Å². The van der Waals surface area contributed by atoms with Crippen LogP contribution in [-0.2, 0) is 19.7 Å². The molecule has 0 spiro atoms. The molecule has 0 aliphatic carbocycles. The molecule has 6 heteroatoms. The summed E-state index contributed by atoms with van der Waals surface area (Å²) in [4.78, 5) is 0.549. The number of allylic oxidation sites excluding steroid dienone is 8. The highest BCUT2D eigenvalue weighted by atomic mass is 32.2. The molecule has 0 N–H and O–H groups in total. The summed E-state index contributed by atoms with van der Waals surface area (Å²) >= 11 is 0. The normalized spacial score (nSPS) is 14.4. The van der Waals surface area contributed by atoms with Crippen LogP contribution >= 0.6 is 0 Å². The Labute approximate surface area is 274 Å². The topological polar surface area (TPSA) is 68.3 Å². The molecular formula is C39H54O4S2. The van der Waals surface area contributed by atoms with E-state index in [1.807, 2.05) is 45.9 Å². The van der Waals surface area contributed by atoms with E-state index in [2.05, 4.69) is 45.9 Å². The van der Waals surface area contributed by atoms with Gasteiger partial charge < -0.3 is 0 Å². The smallest absolute Gasteiger partial charge is 0.185 e. The molecule has 0 saturated heterocycles. The van der Waals surface area contributed by atoms with E-state index in [4.69, 9.17) is 0 Å². The number of aryl methyl sites for hydroxylation is 2. The summed E-state index contributed by atoms with van der Waals surface area (Å²) in [5, 5.41) is -0.789. The van der Waals surface area contributed by atoms with Gasteiger partial charge in [0.1, 0.15) is 0 Å². The minimum absolute atomic E-state index is 0.171. The Balaban J connectivity index is 2.15. The molecule has 0 aromatic heterocycles. The predicted octanol–water partition coefficient (Wildman–Crippen LogP) is 10.4. The van der Waals surface area contributed by atoms with Crippen LogP contribution in [0.4, 0.5) is 0 Å². The van der Waals surface area contributed by atoms with Crippen LogP contribution in [0, 0.1) is 13.8 Å². The molecule has 2 aromatic carbocycles. The molecule has 0 aliphatic heterocycles. The van der Waals surface area contributed by atoms with Crippen molar-refractivity contribution in [3.8, 4) is 0 Å². The summed E-state index contributed by atoms with van der Waals surface area (Å²) in [6, 6.07) is 13.7. The highest BCUT2D eigenvalue weighted by Crippen LogP contribution is 2.25. The van der Waals surface area contributed by atoms with Crippen molar-refractivity contribution in [2.24, 2.45) is 0 Å². The van der Waals surface area contributed by atoms with Gasteiger partial charge in [0, 0.05) is 0 Å². The van der Waals surface area contributed by atoms with Crippen molar-refractivity contribution in [1.29, 1.82) is 0 Å². The fourth-order valence-electron chi connectivity index (χ4n) is 4.94. The van der Waals surface area contributed by atoms with Crippen molar-refractivity contribution >= 4 is 19.7 Å². The van der Waals surface area contributed by atoms with Crippen molar-refractivity contribution in [2.75, 3.05) is 5.75 Å². The standard InChI is InChI=1S/C39H54O4S2/c1-30(2)12-9-13-31(3)14-10-15-32(4)16-11-17-35(7)28-39(45(42,43)38-24-20-34(6)21-25-38)29-36(8)26-27-44(40,41)37-22-18-33(5)19-23-37/h12,14,16,18-26,28,39H,9-11,13,15,17,27,29H2,1-8H3/b31-14+,32-16+,35-28+,36-26+. The molecular weight excluding hydrogens is 597 g/mol. The SMILES string of the molecule is CC(C)=CCC/C(C)=C/CC/C(C)=C/CC/C(C)=C/C(C/C(C)=C/CS(=O)(=O)c1ccc(C)cc1)S(=O)(=O)c1ccc(C)cc1. The first-order valence-corrected chi connectivity index (χ1v) is 19.2.